The molecule has 0 amide bonds. The van der Waals surface area contributed by atoms with Crippen LogP contribution in [0.3, 0.4) is 0 Å². The summed E-state index contributed by atoms with van der Waals surface area (Å²) in [6, 6.07) is 18.3. The van der Waals surface area contributed by atoms with Crippen LogP contribution < -0.4 is 0 Å². The predicted molar refractivity (Wildman–Crippen MR) is 121 cm³/mol. The van der Waals surface area contributed by atoms with Crippen LogP contribution in [0, 0.1) is 0 Å². The quantitative estimate of drug-likeness (QED) is 0.335. The van der Waals surface area contributed by atoms with Crippen molar-refractivity contribution >= 4 is 11.7 Å². The maximum Gasteiger partial charge on any atom is 0.344 e. The first-order valence-electron chi connectivity index (χ1n) is 11.1. The van der Waals surface area contributed by atoms with Crippen LogP contribution in [0.15, 0.2) is 71.1 Å². The zero-order valence-electron chi connectivity index (χ0n) is 18.0. The molecule has 31 heavy (non-hydrogen) atoms. The molecule has 1 N–H and O–H groups in total. The van der Waals surface area contributed by atoms with Gasteiger partial charge in [0.05, 0.1) is 5.71 Å². The molecule has 0 radical (unpaired) electrons. The van der Waals surface area contributed by atoms with Gasteiger partial charge in [-0.25, -0.2) is 4.79 Å². The number of oxime groups is 1. The number of benzene rings is 2. The number of esters is 1. The normalized spacial score (nSPS) is 18.4. The molecule has 5 heteroatoms. The minimum Gasteiger partial charge on any atom is -0.511 e. The summed E-state index contributed by atoms with van der Waals surface area (Å²) < 4.78 is 5.77. The molecule has 1 aliphatic carbocycles. The molecule has 1 aliphatic heterocycles. The van der Waals surface area contributed by atoms with E-state index in [9.17, 15) is 9.90 Å². The zero-order valence-corrected chi connectivity index (χ0v) is 18.0. The van der Waals surface area contributed by atoms with Crippen molar-refractivity contribution in [1.82, 2.24) is 0 Å². The molecule has 0 saturated heterocycles. The molecule has 1 spiro atoms. The van der Waals surface area contributed by atoms with Crippen molar-refractivity contribution in [3.8, 4) is 11.1 Å². The summed E-state index contributed by atoms with van der Waals surface area (Å²) in [5.41, 5.74) is 3.40. The third-order valence-electron chi connectivity index (χ3n) is 6.05. The molecule has 0 bridgehead atoms. The highest BCUT2D eigenvalue weighted by Crippen LogP contribution is 2.42. The van der Waals surface area contributed by atoms with Gasteiger partial charge in [0.25, 0.3) is 0 Å². The van der Waals surface area contributed by atoms with Crippen LogP contribution in [0.1, 0.15) is 57.4 Å². The first kappa shape index (κ1) is 21.2. The van der Waals surface area contributed by atoms with Gasteiger partial charge in [0, 0.05) is 6.42 Å². The van der Waals surface area contributed by atoms with Gasteiger partial charge >= 0.3 is 5.97 Å². The summed E-state index contributed by atoms with van der Waals surface area (Å²) in [5.74, 6) is -0.394. The van der Waals surface area contributed by atoms with E-state index in [1.165, 1.54) is 0 Å². The van der Waals surface area contributed by atoms with E-state index in [1.54, 1.807) is 0 Å². The SMILES string of the molecule is CCCC(=NOCc1ccc(-c2ccccc2)cc1)C1=C(O)CC2(CCCC2)OC1=O. The molecule has 1 fully saturated rings. The van der Waals surface area contributed by atoms with Crippen LogP contribution in [0.25, 0.3) is 11.1 Å². The Labute approximate surface area is 183 Å². The first-order valence-corrected chi connectivity index (χ1v) is 11.1. The first-order chi connectivity index (χ1) is 15.1. The van der Waals surface area contributed by atoms with E-state index in [4.69, 9.17) is 9.57 Å². The second kappa shape index (κ2) is 9.38. The van der Waals surface area contributed by atoms with Crippen molar-refractivity contribution in [2.45, 2.75) is 64.1 Å². The molecule has 2 aromatic carbocycles. The predicted octanol–water partition coefficient (Wildman–Crippen LogP) is 6.10. The van der Waals surface area contributed by atoms with Crippen molar-refractivity contribution in [3.63, 3.8) is 0 Å². The third-order valence-corrected chi connectivity index (χ3v) is 6.05. The summed E-state index contributed by atoms with van der Waals surface area (Å²) in [4.78, 5) is 18.3. The summed E-state index contributed by atoms with van der Waals surface area (Å²) in [6.45, 7) is 2.29. The zero-order chi connectivity index (χ0) is 21.7. The van der Waals surface area contributed by atoms with Crippen LogP contribution in [-0.4, -0.2) is 22.4 Å². The van der Waals surface area contributed by atoms with Crippen molar-refractivity contribution in [2.75, 3.05) is 0 Å². The number of hydrogen-bond acceptors (Lipinski definition) is 5. The fraction of sp³-hybridized carbons (Fsp3) is 0.385. The lowest BCUT2D eigenvalue weighted by Gasteiger charge is -2.33. The van der Waals surface area contributed by atoms with Crippen molar-refractivity contribution in [2.24, 2.45) is 5.16 Å². The maximum absolute atomic E-state index is 12.7. The molecular formula is C26H29NO4. The van der Waals surface area contributed by atoms with E-state index >= 15 is 0 Å². The number of carbonyl (C=O) groups excluding carboxylic acids is 1. The summed E-state index contributed by atoms with van der Waals surface area (Å²) in [6.07, 6.45) is 5.36. The second-order valence-electron chi connectivity index (χ2n) is 8.40. The smallest absolute Gasteiger partial charge is 0.344 e. The highest BCUT2D eigenvalue weighted by atomic mass is 16.6. The Bertz CT molecular complexity index is 970. The molecular weight excluding hydrogens is 390 g/mol. The van der Waals surface area contributed by atoms with E-state index in [2.05, 4.69) is 29.4 Å². The Morgan fingerprint density at radius 2 is 1.74 bits per heavy atom. The topological polar surface area (TPSA) is 68.1 Å². The standard InChI is InChI=1S/C26H29NO4/c1-2-8-22(24-23(28)17-26(31-25(24)29)15-6-7-16-26)27-30-18-19-11-13-21(14-12-19)20-9-4-3-5-10-20/h3-5,9-14,28H,2,6-8,15-18H2,1H3. The molecule has 1 saturated carbocycles. The molecule has 2 aliphatic rings. The summed E-state index contributed by atoms with van der Waals surface area (Å²) in [5, 5.41) is 14.9. The van der Waals surface area contributed by atoms with Gasteiger partial charge in [0.2, 0.25) is 0 Å². The third kappa shape index (κ3) is 4.82. The average Bonchev–Trinajstić information content (AvgIpc) is 3.21. The minimum atomic E-state index is -0.524. The van der Waals surface area contributed by atoms with Gasteiger partial charge in [0.1, 0.15) is 23.5 Å². The van der Waals surface area contributed by atoms with Crippen molar-refractivity contribution in [3.05, 3.63) is 71.5 Å². The summed E-state index contributed by atoms with van der Waals surface area (Å²) in [7, 11) is 0. The Morgan fingerprint density at radius 3 is 2.39 bits per heavy atom. The van der Waals surface area contributed by atoms with Crippen molar-refractivity contribution in [1.29, 1.82) is 0 Å². The number of ether oxygens (including phenoxy) is 1. The van der Waals surface area contributed by atoms with E-state index in [0.717, 1.165) is 48.8 Å². The second-order valence-corrected chi connectivity index (χ2v) is 8.40. The highest BCUT2D eigenvalue weighted by molar-refractivity contribution is 6.20. The Hall–Kier alpha value is -3.08. The number of carbonyl (C=O) groups is 1. The Morgan fingerprint density at radius 1 is 1.06 bits per heavy atom. The van der Waals surface area contributed by atoms with Gasteiger partial charge in [-0.05, 0) is 48.8 Å². The fourth-order valence-corrected chi connectivity index (χ4v) is 4.44. The van der Waals surface area contributed by atoms with Gasteiger partial charge in [-0.15, -0.1) is 0 Å². The lowest BCUT2D eigenvalue weighted by molar-refractivity contribution is -0.157. The molecule has 5 nitrogen and oxygen atoms in total. The lowest BCUT2D eigenvalue weighted by Crippen LogP contribution is -2.39. The van der Waals surface area contributed by atoms with Crippen molar-refractivity contribution < 1.29 is 19.5 Å². The number of aliphatic hydroxyl groups excluding tert-OH is 1. The van der Waals surface area contributed by atoms with Gasteiger partial charge in [-0.1, -0.05) is 73.1 Å². The molecule has 0 aromatic heterocycles. The molecule has 2 aromatic rings. The largest absolute Gasteiger partial charge is 0.511 e. The fourth-order valence-electron chi connectivity index (χ4n) is 4.44. The van der Waals surface area contributed by atoms with Crippen LogP contribution in [-0.2, 0) is 21.0 Å². The highest BCUT2D eigenvalue weighted by Gasteiger charge is 2.44. The molecule has 0 atom stereocenters. The number of rotatable bonds is 7. The minimum absolute atomic E-state index is 0.0844. The van der Waals surface area contributed by atoms with Gasteiger partial charge in [0.15, 0.2) is 0 Å². The molecule has 4 rings (SSSR count). The Kier molecular flexibility index (Phi) is 6.40. The van der Waals surface area contributed by atoms with Gasteiger partial charge < -0.3 is 14.7 Å². The van der Waals surface area contributed by atoms with Gasteiger partial charge in [-0.2, -0.15) is 0 Å². The maximum atomic E-state index is 12.7. The van der Waals surface area contributed by atoms with Crippen LogP contribution in [0.4, 0.5) is 0 Å². The molecule has 1 heterocycles. The molecule has 162 valence electrons. The van der Waals surface area contributed by atoms with E-state index in [1.807, 2.05) is 37.3 Å². The monoisotopic (exact) mass is 419 g/mol. The Balaban J connectivity index is 1.45. The van der Waals surface area contributed by atoms with Crippen LogP contribution in [0.2, 0.25) is 0 Å². The van der Waals surface area contributed by atoms with E-state index < -0.39 is 11.6 Å². The van der Waals surface area contributed by atoms with Crippen LogP contribution in [0.5, 0.6) is 0 Å². The summed E-state index contributed by atoms with van der Waals surface area (Å²) >= 11 is 0. The number of aliphatic hydroxyl groups is 1. The lowest BCUT2D eigenvalue weighted by atomic mass is 9.90. The molecule has 0 unspecified atom stereocenters. The van der Waals surface area contributed by atoms with Gasteiger partial charge in [-0.3, -0.25) is 0 Å². The average molecular weight is 420 g/mol. The number of hydrogen-bond donors (Lipinski definition) is 1. The number of nitrogens with zero attached hydrogens (tertiary/aromatic N) is 1. The van der Waals surface area contributed by atoms with E-state index in [-0.39, 0.29) is 17.9 Å². The van der Waals surface area contributed by atoms with E-state index in [0.29, 0.717) is 18.6 Å². The van der Waals surface area contributed by atoms with Crippen LogP contribution >= 0.6 is 0 Å².